The maximum atomic E-state index is 13.8. The van der Waals surface area contributed by atoms with Crippen LogP contribution in [0.1, 0.15) is 17.0 Å². The number of aromatic nitrogens is 2. The van der Waals surface area contributed by atoms with Crippen LogP contribution < -0.4 is 5.32 Å². The van der Waals surface area contributed by atoms with E-state index in [2.05, 4.69) is 26.3 Å². The topological polar surface area (TPSA) is 29.9 Å². The molecule has 1 N–H and O–H groups in total. The molecular weight excluding hydrogens is 340 g/mol. The summed E-state index contributed by atoms with van der Waals surface area (Å²) >= 11 is 3.53. The van der Waals surface area contributed by atoms with Gasteiger partial charge in [-0.25, -0.2) is 8.78 Å². The normalized spacial score (nSPS) is 12.7. The highest BCUT2D eigenvalue weighted by Crippen LogP contribution is 2.23. The average molecular weight is 358 g/mol. The van der Waals surface area contributed by atoms with Crippen molar-refractivity contribution in [2.24, 2.45) is 7.05 Å². The van der Waals surface area contributed by atoms with E-state index in [0.29, 0.717) is 18.4 Å². The van der Waals surface area contributed by atoms with E-state index in [1.807, 2.05) is 25.7 Å². The van der Waals surface area contributed by atoms with E-state index in [1.54, 1.807) is 6.07 Å². The Morgan fingerprint density at radius 2 is 2.05 bits per heavy atom. The molecule has 0 spiro atoms. The summed E-state index contributed by atoms with van der Waals surface area (Å²) in [4.78, 5) is 0. The van der Waals surface area contributed by atoms with Gasteiger partial charge >= 0.3 is 0 Å². The Morgan fingerprint density at radius 3 is 2.62 bits per heavy atom. The van der Waals surface area contributed by atoms with E-state index >= 15 is 0 Å². The van der Waals surface area contributed by atoms with Crippen LogP contribution in [0.3, 0.4) is 0 Å². The van der Waals surface area contributed by atoms with Crippen molar-refractivity contribution in [1.82, 2.24) is 15.1 Å². The zero-order valence-electron chi connectivity index (χ0n) is 12.3. The van der Waals surface area contributed by atoms with Crippen molar-refractivity contribution in [3.63, 3.8) is 0 Å². The number of hydrogen-bond acceptors (Lipinski definition) is 2. The standard InChI is InChI=1S/C15H18BrF2N3/c1-9-14(16)13(21(3)20-9)8-11(19-2)7-10-5-4-6-12(17)15(10)18/h4-6,11,19H,7-8H2,1-3H3. The molecule has 0 bridgehead atoms. The first-order valence-electron chi connectivity index (χ1n) is 6.72. The maximum Gasteiger partial charge on any atom is 0.162 e. The molecule has 0 aliphatic carbocycles. The van der Waals surface area contributed by atoms with E-state index in [1.165, 1.54) is 6.07 Å². The van der Waals surface area contributed by atoms with E-state index in [-0.39, 0.29) is 6.04 Å². The van der Waals surface area contributed by atoms with Crippen LogP contribution in [-0.4, -0.2) is 22.9 Å². The molecule has 0 aliphatic rings. The zero-order chi connectivity index (χ0) is 15.6. The highest BCUT2D eigenvalue weighted by atomic mass is 79.9. The minimum absolute atomic E-state index is 0.00704. The van der Waals surface area contributed by atoms with Gasteiger partial charge in [0.1, 0.15) is 0 Å². The summed E-state index contributed by atoms with van der Waals surface area (Å²) in [5.74, 6) is -1.57. The number of hydrogen-bond donors (Lipinski definition) is 1. The molecule has 114 valence electrons. The first-order valence-corrected chi connectivity index (χ1v) is 7.51. The van der Waals surface area contributed by atoms with Crippen LogP contribution in [0.25, 0.3) is 0 Å². The predicted molar refractivity (Wildman–Crippen MR) is 82.3 cm³/mol. The molecule has 0 radical (unpaired) electrons. The van der Waals surface area contributed by atoms with Gasteiger partial charge in [-0.2, -0.15) is 5.10 Å². The summed E-state index contributed by atoms with van der Waals surface area (Å²) in [5, 5.41) is 7.50. The van der Waals surface area contributed by atoms with Gasteiger partial charge in [-0.1, -0.05) is 12.1 Å². The molecule has 0 fully saturated rings. The molecule has 1 aromatic heterocycles. The van der Waals surface area contributed by atoms with E-state index in [9.17, 15) is 8.78 Å². The fourth-order valence-electron chi connectivity index (χ4n) is 2.38. The molecule has 2 rings (SSSR count). The quantitative estimate of drug-likeness (QED) is 0.890. The molecule has 6 heteroatoms. The highest BCUT2D eigenvalue weighted by molar-refractivity contribution is 9.10. The summed E-state index contributed by atoms with van der Waals surface area (Å²) in [6.07, 6.45) is 1.08. The van der Waals surface area contributed by atoms with Crippen LogP contribution in [0.15, 0.2) is 22.7 Å². The van der Waals surface area contributed by atoms with Crippen molar-refractivity contribution in [3.8, 4) is 0 Å². The molecular formula is C15H18BrF2N3. The first-order chi connectivity index (χ1) is 9.93. The van der Waals surface area contributed by atoms with Crippen molar-refractivity contribution < 1.29 is 8.78 Å². The Bertz CT molecular complexity index is 640. The third kappa shape index (κ3) is 3.49. The summed E-state index contributed by atoms with van der Waals surface area (Å²) in [6, 6.07) is 4.28. The molecule has 2 aromatic rings. The number of nitrogens with one attached hydrogen (secondary N) is 1. The van der Waals surface area contributed by atoms with Crippen LogP contribution in [-0.2, 0) is 19.9 Å². The molecule has 0 saturated heterocycles. The van der Waals surface area contributed by atoms with Crippen LogP contribution in [0, 0.1) is 18.6 Å². The summed E-state index contributed by atoms with van der Waals surface area (Å²) in [7, 11) is 3.70. The Hall–Kier alpha value is -1.27. The van der Waals surface area contributed by atoms with E-state index in [0.717, 1.165) is 21.9 Å². The molecule has 1 aromatic carbocycles. The van der Waals surface area contributed by atoms with Gasteiger partial charge in [0.05, 0.1) is 15.9 Å². The fourth-order valence-corrected chi connectivity index (χ4v) is 2.88. The molecule has 1 unspecified atom stereocenters. The van der Waals surface area contributed by atoms with Crippen LogP contribution >= 0.6 is 15.9 Å². The lowest BCUT2D eigenvalue weighted by Crippen LogP contribution is -2.31. The molecule has 1 atom stereocenters. The monoisotopic (exact) mass is 357 g/mol. The largest absolute Gasteiger partial charge is 0.316 e. The molecule has 3 nitrogen and oxygen atoms in total. The van der Waals surface area contributed by atoms with Gasteiger partial charge in [-0.15, -0.1) is 0 Å². The minimum Gasteiger partial charge on any atom is -0.316 e. The number of rotatable bonds is 5. The Balaban J connectivity index is 2.19. The number of aryl methyl sites for hydroxylation is 2. The minimum atomic E-state index is -0.806. The SMILES string of the molecule is CNC(Cc1cccc(F)c1F)Cc1c(Br)c(C)nn1C. The zero-order valence-corrected chi connectivity index (χ0v) is 13.8. The highest BCUT2D eigenvalue weighted by Gasteiger charge is 2.18. The Morgan fingerprint density at radius 1 is 1.33 bits per heavy atom. The van der Waals surface area contributed by atoms with E-state index in [4.69, 9.17) is 0 Å². The average Bonchev–Trinajstić information content (AvgIpc) is 2.69. The smallest absolute Gasteiger partial charge is 0.162 e. The molecule has 21 heavy (non-hydrogen) atoms. The molecule has 1 heterocycles. The number of benzene rings is 1. The van der Waals surface area contributed by atoms with Gasteiger partial charge in [0.25, 0.3) is 0 Å². The summed E-state index contributed by atoms with van der Waals surface area (Å²) in [5.41, 5.74) is 2.33. The third-order valence-corrected chi connectivity index (χ3v) is 4.64. The third-order valence-electron chi connectivity index (χ3n) is 3.61. The van der Waals surface area contributed by atoms with E-state index < -0.39 is 11.6 Å². The second-order valence-corrected chi connectivity index (χ2v) is 5.87. The maximum absolute atomic E-state index is 13.8. The molecule has 0 aliphatic heterocycles. The van der Waals surface area contributed by atoms with Crippen LogP contribution in [0.5, 0.6) is 0 Å². The van der Waals surface area contributed by atoms with Gasteiger partial charge in [0, 0.05) is 19.5 Å². The second kappa shape index (κ2) is 6.66. The lowest BCUT2D eigenvalue weighted by molar-refractivity contribution is 0.478. The second-order valence-electron chi connectivity index (χ2n) is 5.08. The molecule has 0 saturated carbocycles. The fraction of sp³-hybridized carbons (Fsp3) is 0.400. The summed E-state index contributed by atoms with van der Waals surface area (Å²) < 4.78 is 29.8. The van der Waals surface area contributed by atoms with Gasteiger partial charge in [0.2, 0.25) is 0 Å². The number of halogens is 3. The lowest BCUT2D eigenvalue weighted by atomic mass is 10.0. The Labute approximate surface area is 131 Å². The van der Waals surface area contributed by atoms with Gasteiger partial charge in [-0.05, 0) is 48.0 Å². The molecule has 0 amide bonds. The van der Waals surface area contributed by atoms with Crippen LogP contribution in [0.4, 0.5) is 8.78 Å². The van der Waals surface area contributed by atoms with Crippen molar-refractivity contribution >= 4 is 15.9 Å². The number of nitrogens with zero attached hydrogens (tertiary/aromatic N) is 2. The van der Waals surface area contributed by atoms with Gasteiger partial charge in [0.15, 0.2) is 11.6 Å². The predicted octanol–water partition coefficient (Wildman–Crippen LogP) is 3.14. The van der Waals surface area contributed by atoms with Crippen molar-refractivity contribution in [1.29, 1.82) is 0 Å². The summed E-state index contributed by atoms with van der Waals surface area (Å²) in [6.45, 7) is 1.92. The van der Waals surface area contributed by atoms with Gasteiger partial charge < -0.3 is 5.32 Å². The van der Waals surface area contributed by atoms with Gasteiger partial charge in [-0.3, -0.25) is 4.68 Å². The first kappa shape index (κ1) is 16.1. The van der Waals surface area contributed by atoms with Crippen molar-refractivity contribution in [3.05, 3.63) is 51.3 Å². The van der Waals surface area contributed by atoms with Crippen molar-refractivity contribution in [2.45, 2.75) is 25.8 Å². The Kier molecular flexibility index (Phi) is 5.11. The van der Waals surface area contributed by atoms with Crippen molar-refractivity contribution in [2.75, 3.05) is 7.05 Å². The lowest BCUT2D eigenvalue weighted by Gasteiger charge is -2.17. The van der Waals surface area contributed by atoms with Crippen LogP contribution in [0.2, 0.25) is 0 Å². The number of likely N-dealkylation sites (N-methyl/N-ethyl adjacent to an activating group) is 1.